The predicted molar refractivity (Wildman–Crippen MR) is 129 cm³/mol. The van der Waals surface area contributed by atoms with E-state index in [0.717, 1.165) is 24.2 Å². The average Bonchev–Trinajstić information content (AvgIpc) is 3.09. The average molecular weight is 455 g/mol. The van der Waals surface area contributed by atoms with Gasteiger partial charge in [-0.05, 0) is 51.9 Å². The molecule has 2 aromatic heterocycles. The number of imidazole rings is 1. The van der Waals surface area contributed by atoms with Gasteiger partial charge in [0.15, 0.2) is 11.3 Å². The number of carbonyl (C=O) groups is 1. The molecule has 0 aliphatic rings. The first-order valence-electron chi connectivity index (χ1n) is 11.3. The van der Waals surface area contributed by atoms with E-state index in [9.17, 15) is 9.59 Å². The summed E-state index contributed by atoms with van der Waals surface area (Å²) in [6.45, 7) is 8.73. The number of nitrogens with zero attached hydrogens (tertiary/aromatic N) is 5. The topological polar surface area (TPSA) is 95.8 Å². The molecule has 0 saturated heterocycles. The van der Waals surface area contributed by atoms with Crippen molar-refractivity contribution in [2.24, 2.45) is 0 Å². The van der Waals surface area contributed by atoms with Crippen LogP contribution in [0.1, 0.15) is 44.3 Å². The summed E-state index contributed by atoms with van der Waals surface area (Å²) in [7, 11) is 5.43. The Kier molecular flexibility index (Phi) is 7.53. The zero-order chi connectivity index (χ0) is 24.3. The van der Waals surface area contributed by atoms with E-state index >= 15 is 0 Å². The van der Waals surface area contributed by atoms with Gasteiger partial charge in [0.25, 0.3) is 5.56 Å². The molecule has 0 spiro atoms. The van der Waals surface area contributed by atoms with Crippen molar-refractivity contribution in [1.29, 1.82) is 0 Å². The minimum Gasteiger partial charge on any atom is -0.493 e. The number of rotatable bonds is 9. The number of aromatic nitrogens is 4. The van der Waals surface area contributed by atoms with Gasteiger partial charge in [-0.1, -0.05) is 13.0 Å². The molecule has 0 fully saturated rings. The standard InChI is InChI=1S/C24H34N6O3/c1-8-10-20-25-15(3)21-23(31)26-22(27-30(20)21)18-13-17(11-12-19(18)33-9-2)14-29(7)16(4)24(32)28(5)6/h11-13,16H,8-10,14H2,1-7H3,(H,26,27,31). The summed E-state index contributed by atoms with van der Waals surface area (Å²) in [5.74, 6) is 1.87. The molecule has 178 valence electrons. The maximum atomic E-state index is 12.9. The third kappa shape index (κ3) is 5.08. The van der Waals surface area contributed by atoms with Gasteiger partial charge in [-0.25, -0.2) is 9.50 Å². The Morgan fingerprint density at radius 2 is 1.97 bits per heavy atom. The molecular weight excluding hydrogens is 420 g/mol. The first kappa shape index (κ1) is 24.4. The molecule has 0 saturated carbocycles. The minimum absolute atomic E-state index is 0.0408. The summed E-state index contributed by atoms with van der Waals surface area (Å²) in [5.41, 5.74) is 2.57. The van der Waals surface area contributed by atoms with Crippen LogP contribution in [0.2, 0.25) is 0 Å². The first-order chi connectivity index (χ1) is 15.7. The molecule has 1 aromatic carbocycles. The molecule has 3 aromatic rings. The lowest BCUT2D eigenvalue weighted by atomic mass is 10.1. The smallest absolute Gasteiger partial charge is 0.277 e. The van der Waals surface area contributed by atoms with Crippen molar-refractivity contribution < 1.29 is 9.53 Å². The van der Waals surface area contributed by atoms with Gasteiger partial charge >= 0.3 is 0 Å². The summed E-state index contributed by atoms with van der Waals surface area (Å²) in [6, 6.07) is 5.55. The Hall–Kier alpha value is -3.20. The van der Waals surface area contributed by atoms with Crippen LogP contribution in [0.25, 0.3) is 16.9 Å². The second kappa shape index (κ2) is 10.2. The highest BCUT2D eigenvalue weighted by molar-refractivity contribution is 5.80. The van der Waals surface area contributed by atoms with E-state index in [2.05, 4.69) is 16.9 Å². The zero-order valence-corrected chi connectivity index (χ0v) is 20.6. The van der Waals surface area contributed by atoms with Crippen molar-refractivity contribution in [2.45, 2.75) is 53.1 Å². The van der Waals surface area contributed by atoms with E-state index in [1.54, 1.807) is 23.5 Å². The molecule has 1 unspecified atom stereocenters. The summed E-state index contributed by atoms with van der Waals surface area (Å²) in [4.78, 5) is 36.3. The first-order valence-corrected chi connectivity index (χ1v) is 11.3. The zero-order valence-electron chi connectivity index (χ0n) is 20.6. The molecule has 3 rings (SSSR count). The summed E-state index contributed by atoms with van der Waals surface area (Å²) in [6.07, 6.45) is 1.63. The number of carbonyl (C=O) groups excluding carboxylic acids is 1. The largest absolute Gasteiger partial charge is 0.493 e. The lowest BCUT2D eigenvalue weighted by molar-refractivity contribution is -0.133. The van der Waals surface area contributed by atoms with Gasteiger partial charge in [0.1, 0.15) is 11.6 Å². The van der Waals surface area contributed by atoms with E-state index in [-0.39, 0.29) is 17.5 Å². The van der Waals surface area contributed by atoms with Crippen molar-refractivity contribution in [1.82, 2.24) is 29.4 Å². The number of aromatic amines is 1. The van der Waals surface area contributed by atoms with Gasteiger partial charge in [-0.2, -0.15) is 0 Å². The second-order valence-electron chi connectivity index (χ2n) is 8.51. The summed E-state index contributed by atoms with van der Waals surface area (Å²) < 4.78 is 7.49. The highest BCUT2D eigenvalue weighted by Gasteiger charge is 2.21. The number of hydrogen-bond donors (Lipinski definition) is 1. The maximum Gasteiger partial charge on any atom is 0.277 e. The summed E-state index contributed by atoms with van der Waals surface area (Å²) >= 11 is 0. The molecule has 9 heteroatoms. The quantitative estimate of drug-likeness (QED) is 0.534. The van der Waals surface area contributed by atoms with Crippen LogP contribution < -0.4 is 10.3 Å². The van der Waals surface area contributed by atoms with Crippen LogP contribution in [0.3, 0.4) is 0 Å². The van der Waals surface area contributed by atoms with Crippen LogP contribution in [-0.2, 0) is 17.8 Å². The van der Waals surface area contributed by atoms with Crippen molar-refractivity contribution in [3.63, 3.8) is 0 Å². The fourth-order valence-electron chi connectivity index (χ4n) is 3.87. The third-order valence-corrected chi connectivity index (χ3v) is 5.71. The van der Waals surface area contributed by atoms with Gasteiger partial charge in [-0.3, -0.25) is 14.5 Å². The fraction of sp³-hybridized carbons (Fsp3) is 0.500. The number of H-pyrrole nitrogens is 1. The van der Waals surface area contributed by atoms with E-state index in [1.165, 1.54) is 0 Å². The van der Waals surface area contributed by atoms with Crippen LogP contribution in [-0.4, -0.2) is 69.1 Å². The van der Waals surface area contributed by atoms with Crippen molar-refractivity contribution in [3.05, 3.63) is 45.6 Å². The second-order valence-corrected chi connectivity index (χ2v) is 8.51. The van der Waals surface area contributed by atoms with E-state index < -0.39 is 0 Å². The lowest BCUT2D eigenvalue weighted by Gasteiger charge is -2.26. The molecule has 1 N–H and O–H groups in total. The molecule has 1 atom stereocenters. The van der Waals surface area contributed by atoms with Gasteiger partial charge in [0.05, 0.1) is 23.9 Å². The van der Waals surface area contributed by atoms with Crippen molar-refractivity contribution in [2.75, 3.05) is 27.7 Å². The van der Waals surface area contributed by atoms with Crippen LogP contribution in [0.15, 0.2) is 23.0 Å². The van der Waals surface area contributed by atoms with Crippen molar-refractivity contribution >= 4 is 11.4 Å². The van der Waals surface area contributed by atoms with Gasteiger partial charge in [0, 0.05) is 27.1 Å². The van der Waals surface area contributed by atoms with E-state index in [1.807, 2.05) is 50.9 Å². The Balaban J connectivity index is 2.06. The molecule has 2 heterocycles. The predicted octanol–water partition coefficient (Wildman–Crippen LogP) is 2.65. The Morgan fingerprint density at radius 3 is 2.61 bits per heavy atom. The van der Waals surface area contributed by atoms with Gasteiger partial charge < -0.3 is 14.6 Å². The van der Waals surface area contributed by atoms with Crippen LogP contribution in [0.4, 0.5) is 0 Å². The number of aryl methyl sites for hydroxylation is 2. The molecular formula is C24H34N6O3. The van der Waals surface area contributed by atoms with Gasteiger partial charge in [0.2, 0.25) is 5.91 Å². The molecule has 9 nitrogen and oxygen atoms in total. The lowest BCUT2D eigenvalue weighted by Crippen LogP contribution is -2.42. The Bertz CT molecular complexity index is 1200. The number of ether oxygens (including phenoxy) is 1. The highest BCUT2D eigenvalue weighted by Crippen LogP contribution is 2.29. The Labute approximate surface area is 194 Å². The maximum absolute atomic E-state index is 12.9. The van der Waals surface area contributed by atoms with Gasteiger partial charge in [-0.15, -0.1) is 5.10 Å². The Morgan fingerprint density at radius 1 is 1.24 bits per heavy atom. The SMILES string of the molecule is CCCc1nc(C)c2c(=O)[nH]c(-c3cc(CN(C)C(C)C(=O)N(C)C)ccc3OCC)nn12. The van der Waals surface area contributed by atoms with Crippen molar-refractivity contribution in [3.8, 4) is 17.1 Å². The van der Waals surface area contributed by atoms with E-state index in [0.29, 0.717) is 41.5 Å². The highest BCUT2D eigenvalue weighted by atomic mass is 16.5. The van der Waals surface area contributed by atoms with E-state index in [4.69, 9.17) is 9.84 Å². The van der Waals surface area contributed by atoms with Crippen LogP contribution >= 0.6 is 0 Å². The molecule has 0 aliphatic heterocycles. The molecule has 1 amide bonds. The monoisotopic (exact) mass is 454 g/mol. The number of hydrogen-bond acceptors (Lipinski definition) is 6. The fourth-order valence-corrected chi connectivity index (χ4v) is 3.87. The number of fused-ring (bicyclic) bond motifs is 1. The molecule has 0 bridgehead atoms. The van der Waals surface area contributed by atoms with Crippen LogP contribution in [0.5, 0.6) is 5.75 Å². The number of likely N-dealkylation sites (N-methyl/N-ethyl adjacent to an activating group) is 2. The number of amides is 1. The normalized spacial score (nSPS) is 12.4. The van der Waals surface area contributed by atoms with Crippen LogP contribution in [0, 0.1) is 6.92 Å². The minimum atomic E-state index is -0.269. The number of benzene rings is 1. The summed E-state index contributed by atoms with van der Waals surface area (Å²) in [5, 5.41) is 4.74. The molecule has 33 heavy (non-hydrogen) atoms. The number of nitrogens with one attached hydrogen (secondary N) is 1. The third-order valence-electron chi connectivity index (χ3n) is 5.71. The molecule has 0 radical (unpaired) electrons. The molecule has 0 aliphatic carbocycles.